The second-order valence-electron chi connectivity index (χ2n) is 9.34. The average molecular weight is 438 g/mol. The van der Waals surface area contributed by atoms with Crippen molar-refractivity contribution in [2.24, 2.45) is 0 Å². The topological polar surface area (TPSA) is 61.9 Å². The number of nitrogens with zero attached hydrogens (tertiary/aromatic N) is 2. The summed E-state index contributed by atoms with van der Waals surface area (Å²) in [6, 6.07) is 15.8. The van der Waals surface area contributed by atoms with E-state index in [1.54, 1.807) is 7.11 Å². The summed E-state index contributed by atoms with van der Waals surface area (Å²) in [6.07, 6.45) is 0.324. The first-order valence-electron chi connectivity index (χ1n) is 11.3. The minimum absolute atomic E-state index is 0.0556. The summed E-state index contributed by atoms with van der Waals surface area (Å²) in [5.74, 6) is 0.818. The van der Waals surface area contributed by atoms with Gasteiger partial charge in [-0.25, -0.2) is 0 Å². The molecule has 2 amide bonds. The predicted molar refractivity (Wildman–Crippen MR) is 127 cm³/mol. The summed E-state index contributed by atoms with van der Waals surface area (Å²) in [4.78, 5) is 29.2. The molecule has 1 N–H and O–H groups in total. The van der Waals surface area contributed by atoms with Crippen molar-refractivity contribution < 1.29 is 14.3 Å². The fraction of sp³-hybridized carbons (Fsp3) is 0.462. The first-order chi connectivity index (χ1) is 15.3. The van der Waals surface area contributed by atoms with E-state index in [-0.39, 0.29) is 17.2 Å². The number of amides is 2. The number of carbonyl (C=O) groups excluding carboxylic acids is 2. The lowest BCUT2D eigenvalue weighted by Crippen LogP contribution is -2.48. The molecule has 1 aliphatic rings. The Morgan fingerprint density at radius 2 is 1.56 bits per heavy atom. The lowest BCUT2D eigenvalue weighted by Gasteiger charge is -2.34. The van der Waals surface area contributed by atoms with E-state index in [1.807, 2.05) is 41.3 Å². The van der Waals surface area contributed by atoms with E-state index in [1.165, 1.54) is 11.1 Å². The Morgan fingerprint density at radius 1 is 0.938 bits per heavy atom. The second kappa shape index (κ2) is 10.6. The van der Waals surface area contributed by atoms with E-state index in [0.717, 1.165) is 38.5 Å². The zero-order valence-electron chi connectivity index (χ0n) is 19.7. The van der Waals surface area contributed by atoms with Gasteiger partial charge >= 0.3 is 0 Å². The first-order valence-corrected chi connectivity index (χ1v) is 11.3. The summed E-state index contributed by atoms with van der Waals surface area (Å²) < 4.78 is 5.20. The van der Waals surface area contributed by atoms with Crippen molar-refractivity contribution in [1.29, 1.82) is 0 Å². The van der Waals surface area contributed by atoms with E-state index in [4.69, 9.17) is 4.74 Å². The standard InChI is InChI=1S/C26H35N3O3/c1-26(2,3)22-9-7-21(8-10-22)25(31)27-14-13-24(30)29-17-15-28(16-18-29)19-20-5-11-23(32-4)12-6-20/h5-12H,13-19H2,1-4H3,(H,27,31). The van der Waals surface area contributed by atoms with Gasteiger partial charge in [-0.05, 0) is 40.8 Å². The molecule has 172 valence electrons. The number of benzene rings is 2. The molecule has 0 aromatic heterocycles. The largest absolute Gasteiger partial charge is 0.497 e. The number of rotatable bonds is 7. The van der Waals surface area contributed by atoms with Gasteiger partial charge in [0.05, 0.1) is 7.11 Å². The average Bonchev–Trinajstić information content (AvgIpc) is 2.79. The van der Waals surface area contributed by atoms with Gasteiger partial charge in [0.1, 0.15) is 5.75 Å². The van der Waals surface area contributed by atoms with Gasteiger partial charge in [0.15, 0.2) is 0 Å². The maximum Gasteiger partial charge on any atom is 0.251 e. The van der Waals surface area contributed by atoms with Gasteiger partial charge in [0, 0.05) is 51.3 Å². The van der Waals surface area contributed by atoms with Gasteiger partial charge in [0.25, 0.3) is 5.91 Å². The fourth-order valence-electron chi connectivity index (χ4n) is 3.81. The van der Waals surface area contributed by atoms with Gasteiger partial charge in [-0.15, -0.1) is 0 Å². The molecule has 0 aliphatic carbocycles. The van der Waals surface area contributed by atoms with Crippen LogP contribution >= 0.6 is 0 Å². The number of hydrogen-bond acceptors (Lipinski definition) is 4. The van der Waals surface area contributed by atoms with Crippen LogP contribution in [0.5, 0.6) is 5.75 Å². The molecule has 0 spiro atoms. The highest BCUT2D eigenvalue weighted by Gasteiger charge is 2.21. The smallest absolute Gasteiger partial charge is 0.251 e. The normalized spacial score (nSPS) is 14.8. The molecule has 32 heavy (non-hydrogen) atoms. The zero-order chi connectivity index (χ0) is 23.1. The molecule has 0 unspecified atom stereocenters. The Kier molecular flexibility index (Phi) is 7.91. The van der Waals surface area contributed by atoms with Crippen LogP contribution in [0.25, 0.3) is 0 Å². The van der Waals surface area contributed by atoms with Crippen LogP contribution in [0, 0.1) is 0 Å². The molecular formula is C26H35N3O3. The van der Waals surface area contributed by atoms with Gasteiger partial charge in [-0.2, -0.15) is 0 Å². The Labute approximate surface area is 191 Å². The second-order valence-corrected chi connectivity index (χ2v) is 9.34. The molecule has 1 saturated heterocycles. The molecule has 1 aliphatic heterocycles. The van der Waals surface area contributed by atoms with Crippen molar-refractivity contribution in [2.75, 3.05) is 39.8 Å². The van der Waals surface area contributed by atoms with Crippen LogP contribution in [0.2, 0.25) is 0 Å². The Morgan fingerprint density at radius 3 is 2.12 bits per heavy atom. The maximum absolute atomic E-state index is 12.5. The van der Waals surface area contributed by atoms with Crippen molar-refractivity contribution >= 4 is 11.8 Å². The molecular weight excluding hydrogens is 402 g/mol. The Hall–Kier alpha value is -2.86. The van der Waals surface area contributed by atoms with E-state index in [9.17, 15) is 9.59 Å². The summed E-state index contributed by atoms with van der Waals surface area (Å²) in [5.41, 5.74) is 3.11. The molecule has 1 fully saturated rings. The molecule has 0 saturated carbocycles. The van der Waals surface area contributed by atoms with E-state index in [2.05, 4.69) is 43.1 Å². The molecule has 0 atom stereocenters. The minimum Gasteiger partial charge on any atom is -0.497 e. The number of carbonyl (C=O) groups is 2. The minimum atomic E-state index is -0.137. The molecule has 0 radical (unpaired) electrons. The van der Waals surface area contributed by atoms with Gasteiger partial charge in [-0.3, -0.25) is 14.5 Å². The number of ether oxygens (including phenoxy) is 1. The van der Waals surface area contributed by atoms with Crippen molar-refractivity contribution in [3.63, 3.8) is 0 Å². The third-order valence-corrected chi connectivity index (χ3v) is 5.93. The highest BCUT2D eigenvalue weighted by atomic mass is 16.5. The maximum atomic E-state index is 12.5. The SMILES string of the molecule is COc1ccc(CN2CCN(C(=O)CCNC(=O)c3ccc(C(C)(C)C)cc3)CC2)cc1. The number of methoxy groups -OCH3 is 1. The van der Waals surface area contributed by atoms with Crippen LogP contribution in [-0.4, -0.2) is 61.4 Å². The molecule has 6 nitrogen and oxygen atoms in total. The van der Waals surface area contributed by atoms with Crippen LogP contribution in [-0.2, 0) is 16.8 Å². The number of nitrogens with one attached hydrogen (secondary N) is 1. The highest BCUT2D eigenvalue weighted by molar-refractivity contribution is 5.94. The molecule has 6 heteroatoms. The van der Waals surface area contributed by atoms with Crippen molar-refractivity contribution in [1.82, 2.24) is 15.1 Å². The highest BCUT2D eigenvalue weighted by Crippen LogP contribution is 2.22. The monoisotopic (exact) mass is 437 g/mol. The molecule has 2 aromatic rings. The van der Waals surface area contributed by atoms with Crippen LogP contribution in [0.3, 0.4) is 0 Å². The van der Waals surface area contributed by atoms with Crippen LogP contribution < -0.4 is 10.1 Å². The van der Waals surface area contributed by atoms with Crippen molar-refractivity contribution in [3.8, 4) is 5.75 Å². The van der Waals surface area contributed by atoms with E-state index >= 15 is 0 Å². The fourth-order valence-corrected chi connectivity index (χ4v) is 3.81. The van der Waals surface area contributed by atoms with Gasteiger partial charge in [-0.1, -0.05) is 45.0 Å². The summed E-state index contributed by atoms with van der Waals surface area (Å²) in [7, 11) is 1.67. The zero-order valence-corrected chi connectivity index (χ0v) is 19.7. The quantitative estimate of drug-likeness (QED) is 0.721. The summed E-state index contributed by atoms with van der Waals surface area (Å²) >= 11 is 0. The molecule has 1 heterocycles. The van der Waals surface area contributed by atoms with Crippen molar-refractivity contribution in [3.05, 3.63) is 65.2 Å². The predicted octanol–water partition coefficient (Wildman–Crippen LogP) is 3.46. The lowest BCUT2D eigenvalue weighted by molar-refractivity contribution is -0.132. The van der Waals surface area contributed by atoms with Crippen LogP contribution in [0.15, 0.2) is 48.5 Å². The third-order valence-electron chi connectivity index (χ3n) is 5.93. The Balaban J connectivity index is 1.38. The van der Waals surface area contributed by atoms with E-state index in [0.29, 0.717) is 18.5 Å². The number of piperazine rings is 1. The van der Waals surface area contributed by atoms with Gasteiger partial charge < -0.3 is 15.0 Å². The lowest BCUT2D eigenvalue weighted by atomic mass is 9.87. The van der Waals surface area contributed by atoms with E-state index < -0.39 is 0 Å². The Bertz CT molecular complexity index is 893. The molecule has 3 rings (SSSR count). The van der Waals surface area contributed by atoms with Crippen LogP contribution in [0.1, 0.15) is 48.7 Å². The first kappa shape index (κ1) is 23.8. The molecule has 0 bridgehead atoms. The van der Waals surface area contributed by atoms with Crippen molar-refractivity contribution in [2.45, 2.75) is 39.2 Å². The van der Waals surface area contributed by atoms with Crippen LogP contribution in [0.4, 0.5) is 0 Å². The summed E-state index contributed by atoms with van der Waals surface area (Å²) in [5, 5.41) is 2.87. The molecule has 2 aromatic carbocycles. The third kappa shape index (κ3) is 6.57. The summed E-state index contributed by atoms with van der Waals surface area (Å²) in [6.45, 7) is 10.8. The van der Waals surface area contributed by atoms with Gasteiger partial charge in [0.2, 0.25) is 5.91 Å². The number of hydrogen-bond donors (Lipinski definition) is 1.